The van der Waals surface area contributed by atoms with Gasteiger partial charge >= 0.3 is 38.0 Å². The molecule has 4 saturated carbocycles. The SMILES string of the molecule is C1CCC(P(C2CCCCC2)C2CCCCC2)CC1.F[B-](F)(F)F.[C-]#[O+].[CH]1[CH][CH][CH][CH][CH]1.[Ru+]. The van der Waals surface area contributed by atoms with Gasteiger partial charge in [-0.3, -0.25) is 0 Å². The van der Waals surface area contributed by atoms with Crippen molar-refractivity contribution in [1.29, 1.82) is 0 Å². The van der Waals surface area contributed by atoms with Gasteiger partial charge in [-0.15, -0.1) is 0 Å². The number of hydrogen-bond donors (Lipinski definition) is 0. The molecule has 7 radical (unpaired) electrons. The molecule has 0 heterocycles. The average molecular weight is 574 g/mol. The van der Waals surface area contributed by atoms with Crippen LogP contribution in [-0.2, 0) is 24.1 Å². The molecule has 4 fully saturated rings. The third-order valence-electron chi connectivity index (χ3n) is 6.66. The third kappa shape index (κ3) is 16.8. The van der Waals surface area contributed by atoms with Gasteiger partial charge in [0.25, 0.3) is 0 Å². The average Bonchev–Trinajstić information content (AvgIpc) is 2.83. The quantitative estimate of drug-likeness (QED) is 0.105. The van der Waals surface area contributed by atoms with E-state index in [1.807, 2.05) is 38.5 Å². The number of hydrogen-bond acceptors (Lipinski definition) is 0. The van der Waals surface area contributed by atoms with E-state index in [1.54, 1.807) is 77.0 Å². The van der Waals surface area contributed by atoms with Crippen molar-refractivity contribution < 1.29 is 41.4 Å². The topological polar surface area (TPSA) is 19.9 Å². The smallest absolute Gasteiger partial charge is 0.0312 e. The number of rotatable bonds is 3. The van der Waals surface area contributed by atoms with Gasteiger partial charge in [-0.25, -0.2) is 0 Å². The van der Waals surface area contributed by atoms with Gasteiger partial charge < -0.3 is 17.3 Å². The van der Waals surface area contributed by atoms with Crippen LogP contribution in [0.2, 0.25) is 0 Å². The molecular weight excluding hydrogens is 535 g/mol. The maximum atomic E-state index is 9.75. The molecule has 0 aromatic rings. The van der Waals surface area contributed by atoms with Crippen molar-refractivity contribution in [2.45, 2.75) is 113 Å². The predicted molar refractivity (Wildman–Crippen MR) is 127 cm³/mol. The van der Waals surface area contributed by atoms with Crippen molar-refractivity contribution in [2.24, 2.45) is 0 Å². The molecule has 0 atom stereocenters. The van der Waals surface area contributed by atoms with E-state index in [0.29, 0.717) is 7.92 Å². The van der Waals surface area contributed by atoms with Crippen LogP contribution >= 0.6 is 7.92 Å². The summed E-state index contributed by atoms with van der Waals surface area (Å²) in [6.07, 6.45) is 35.6. The van der Waals surface area contributed by atoms with E-state index in [1.165, 1.54) is 36.2 Å². The fraction of sp³-hybridized carbons (Fsp3) is 0.720. The first kappa shape index (κ1) is 33.6. The summed E-state index contributed by atoms with van der Waals surface area (Å²) in [6.45, 7) is 4.50. The zero-order valence-electron chi connectivity index (χ0n) is 19.6. The number of halogens is 4. The fourth-order valence-corrected chi connectivity index (χ4v) is 10.1. The molecule has 0 unspecified atom stereocenters. The van der Waals surface area contributed by atoms with Crippen LogP contribution < -0.4 is 0 Å². The van der Waals surface area contributed by atoms with E-state index in [4.69, 9.17) is 4.65 Å². The van der Waals surface area contributed by atoms with Gasteiger partial charge in [0.15, 0.2) is 0 Å². The maximum absolute atomic E-state index is 9.75. The zero-order valence-corrected chi connectivity index (χ0v) is 22.2. The van der Waals surface area contributed by atoms with Crippen LogP contribution in [0.25, 0.3) is 0 Å². The normalized spacial score (nSPS) is 22.9. The van der Waals surface area contributed by atoms with Gasteiger partial charge in [-0.2, -0.15) is 0 Å². The van der Waals surface area contributed by atoms with Crippen LogP contribution in [0.4, 0.5) is 17.3 Å². The Kier molecular flexibility index (Phi) is 21.1. The Morgan fingerprint density at radius 2 is 0.697 bits per heavy atom. The molecule has 33 heavy (non-hydrogen) atoms. The minimum absolute atomic E-state index is 0. The van der Waals surface area contributed by atoms with E-state index in [2.05, 4.69) is 6.65 Å². The van der Waals surface area contributed by atoms with Crippen molar-refractivity contribution in [2.75, 3.05) is 0 Å². The molecule has 1 nitrogen and oxygen atoms in total. The minimum atomic E-state index is -6.00. The van der Waals surface area contributed by atoms with Crippen molar-refractivity contribution in [3.05, 3.63) is 45.2 Å². The van der Waals surface area contributed by atoms with Gasteiger partial charge in [0.2, 0.25) is 0 Å². The molecule has 0 saturated heterocycles. The Balaban J connectivity index is 0.000000607. The predicted octanol–water partition coefficient (Wildman–Crippen LogP) is 8.95. The van der Waals surface area contributed by atoms with E-state index in [9.17, 15) is 17.3 Å². The van der Waals surface area contributed by atoms with Crippen LogP contribution in [0, 0.1) is 45.2 Å². The van der Waals surface area contributed by atoms with Crippen molar-refractivity contribution in [1.82, 2.24) is 0 Å². The van der Waals surface area contributed by atoms with Crippen LogP contribution in [-0.4, -0.2) is 24.2 Å². The molecule has 189 valence electrons. The molecule has 8 heteroatoms. The second-order valence-corrected chi connectivity index (χ2v) is 12.1. The van der Waals surface area contributed by atoms with Crippen LogP contribution in [0.1, 0.15) is 96.3 Å². The maximum Gasteiger partial charge on any atom is 1.00 e. The van der Waals surface area contributed by atoms with Crippen molar-refractivity contribution in [3.8, 4) is 0 Å². The van der Waals surface area contributed by atoms with E-state index >= 15 is 0 Å². The Bertz CT molecular complexity index is 399. The van der Waals surface area contributed by atoms with Gasteiger partial charge in [-0.1, -0.05) is 65.7 Å². The van der Waals surface area contributed by atoms with Gasteiger partial charge in [0, 0.05) is 0 Å². The Morgan fingerprint density at radius 1 is 0.515 bits per heavy atom. The minimum Gasteiger partial charge on any atom is -0.0312 e. The molecular formula is C25H39BF4OPRu. The molecule has 0 spiro atoms. The van der Waals surface area contributed by atoms with E-state index < -0.39 is 7.25 Å². The van der Waals surface area contributed by atoms with E-state index in [-0.39, 0.29) is 19.5 Å². The Labute approximate surface area is 214 Å². The fourth-order valence-electron chi connectivity index (χ4n) is 5.42. The second-order valence-electron chi connectivity index (χ2n) is 8.97. The summed E-state index contributed by atoms with van der Waals surface area (Å²) in [5.41, 5.74) is 3.57. The molecule has 0 aromatic carbocycles. The van der Waals surface area contributed by atoms with Crippen LogP contribution in [0.15, 0.2) is 0 Å². The summed E-state index contributed by atoms with van der Waals surface area (Å²) in [5, 5.41) is 0. The molecule has 4 aliphatic rings. The molecule has 4 aliphatic carbocycles. The molecule has 0 aromatic heterocycles. The summed E-state index contributed by atoms with van der Waals surface area (Å²) < 4.78 is 46.5. The van der Waals surface area contributed by atoms with Crippen molar-refractivity contribution >= 4 is 15.2 Å². The first-order valence-corrected chi connectivity index (χ1v) is 13.9. The van der Waals surface area contributed by atoms with Gasteiger partial charge in [0.1, 0.15) is 0 Å². The van der Waals surface area contributed by atoms with Gasteiger partial charge in [-0.05, 0) is 94.0 Å². The molecule has 0 amide bonds. The standard InChI is InChI=1S/C18H33P.C6H6.CO.BF4.Ru/c1-4-10-16(11-5-1)19(17-12-6-2-7-13-17)18-14-8-3-9-15-18;1-2-4-6-5-3-1;1-2;2-1(3,4)5;/h16-18H,1-15H2;1-6H;;;/q;;;-1;+1. The third-order valence-corrected chi connectivity index (χ3v) is 10.7. The van der Waals surface area contributed by atoms with E-state index in [0.717, 1.165) is 0 Å². The summed E-state index contributed by atoms with van der Waals surface area (Å²) in [7, 11) is -5.62. The summed E-state index contributed by atoms with van der Waals surface area (Å²) in [4.78, 5) is 0. The van der Waals surface area contributed by atoms with Crippen LogP contribution in [0.3, 0.4) is 0 Å². The summed E-state index contributed by atoms with van der Waals surface area (Å²) in [5.74, 6) is 0. The molecule has 0 bridgehead atoms. The molecule has 4 rings (SSSR count). The first-order valence-electron chi connectivity index (χ1n) is 12.3. The summed E-state index contributed by atoms with van der Waals surface area (Å²) in [6, 6.07) is 0. The zero-order chi connectivity index (χ0) is 23.7. The summed E-state index contributed by atoms with van der Waals surface area (Å²) >= 11 is 0. The first-order chi connectivity index (χ1) is 15.4. The second kappa shape index (κ2) is 20.7. The molecule has 0 N–H and O–H groups in total. The van der Waals surface area contributed by atoms with Gasteiger partial charge in [0.05, 0.1) is 0 Å². The van der Waals surface area contributed by atoms with Crippen molar-refractivity contribution in [3.63, 3.8) is 0 Å². The Hall–Kier alpha value is 0.578. The molecule has 0 aliphatic heterocycles. The van der Waals surface area contributed by atoms with Crippen LogP contribution in [0.5, 0.6) is 0 Å². The largest absolute Gasteiger partial charge is 1.00 e. The monoisotopic (exact) mass is 575 g/mol. The Morgan fingerprint density at radius 3 is 0.879 bits per heavy atom.